The van der Waals surface area contributed by atoms with Crippen LogP contribution in [0.25, 0.3) is 0 Å². The molecule has 0 spiro atoms. The van der Waals surface area contributed by atoms with E-state index in [1.54, 1.807) is 6.92 Å². The number of alkyl halides is 2. The first kappa shape index (κ1) is 8.27. The molecule has 1 nitrogen and oxygen atoms in total. The van der Waals surface area contributed by atoms with Crippen molar-refractivity contribution < 1.29 is 8.78 Å². The molecule has 0 aliphatic heterocycles. The van der Waals surface area contributed by atoms with E-state index < -0.39 is 6.43 Å². The van der Waals surface area contributed by atoms with Gasteiger partial charge in [-0.2, -0.15) is 0 Å². The molecule has 9 heavy (non-hydrogen) atoms. The van der Waals surface area contributed by atoms with E-state index in [1.165, 1.54) is 19.2 Å². The molecule has 0 saturated heterocycles. The van der Waals surface area contributed by atoms with E-state index in [-0.39, 0.29) is 5.71 Å². The maximum Gasteiger partial charge on any atom is 0.279 e. The highest BCUT2D eigenvalue weighted by molar-refractivity contribution is 5.97. The maximum absolute atomic E-state index is 11.7. The van der Waals surface area contributed by atoms with Gasteiger partial charge in [0, 0.05) is 7.05 Å². The zero-order chi connectivity index (χ0) is 7.28. The number of allylic oxidation sites excluding steroid dienone is 2. The Labute approximate surface area is 53.1 Å². The molecule has 0 heterocycles. The number of aliphatic imine (C=N–C) groups is 1. The Bertz CT molecular complexity index is 127. The number of rotatable bonds is 2. The smallest absolute Gasteiger partial charge is 0.279 e. The van der Waals surface area contributed by atoms with Crippen LogP contribution in [0.4, 0.5) is 8.78 Å². The third kappa shape index (κ3) is 2.95. The topological polar surface area (TPSA) is 12.4 Å². The minimum Gasteiger partial charge on any atom is -0.287 e. The molecule has 0 aliphatic carbocycles. The zero-order valence-electron chi connectivity index (χ0n) is 5.44. The maximum atomic E-state index is 11.7. The van der Waals surface area contributed by atoms with Gasteiger partial charge >= 0.3 is 0 Å². The Hall–Kier alpha value is -0.730. The Morgan fingerprint density at radius 2 is 2.11 bits per heavy atom. The lowest BCUT2D eigenvalue weighted by molar-refractivity contribution is 0.226. The van der Waals surface area contributed by atoms with Crippen molar-refractivity contribution in [3.05, 3.63) is 12.2 Å². The molecular weight excluding hydrogens is 124 g/mol. The molecule has 3 heteroatoms. The molecule has 0 aromatic rings. The van der Waals surface area contributed by atoms with E-state index in [4.69, 9.17) is 0 Å². The monoisotopic (exact) mass is 133 g/mol. The van der Waals surface area contributed by atoms with E-state index in [0.29, 0.717) is 0 Å². The number of halogens is 2. The average Bonchev–Trinajstić information content (AvgIpc) is 1.82. The van der Waals surface area contributed by atoms with Crippen LogP contribution in [0.3, 0.4) is 0 Å². The first-order valence-electron chi connectivity index (χ1n) is 2.60. The van der Waals surface area contributed by atoms with Crippen LogP contribution in [0.5, 0.6) is 0 Å². The van der Waals surface area contributed by atoms with Gasteiger partial charge in [-0.1, -0.05) is 6.08 Å². The largest absolute Gasteiger partial charge is 0.287 e. The Morgan fingerprint density at radius 1 is 1.56 bits per heavy atom. The molecule has 0 unspecified atom stereocenters. The fraction of sp³-hybridized carbons (Fsp3) is 0.500. The molecule has 0 bridgehead atoms. The number of nitrogens with zero attached hydrogens (tertiary/aromatic N) is 1. The molecular formula is C6H9F2N. The van der Waals surface area contributed by atoms with Gasteiger partial charge in [0.1, 0.15) is 0 Å². The van der Waals surface area contributed by atoms with Crippen LogP contribution < -0.4 is 0 Å². The van der Waals surface area contributed by atoms with Crippen molar-refractivity contribution in [2.24, 2.45) is 4.99 Å². The molecule has 0 saturated carbocycles. The van der Waals surface area contributed by atoms with E-state index in [2.05, 4.69) is 4.99 Å². The molecule has 0 amide bonds. The SMILES string of the molecule is C/C=C\C(=N/C)C(F)F. The summed E-state index contributed by atoms with van der Waals surface area (Å²) in [4.78, 5) is 3.36. The van der Waals surface area contributed by atoms with Gasteiger partial charge in [0.25, 0.3) is 6.43 Å². The van der Waals surface area contributed by atoms with Gasteiger partial charge in [-0.3, -0.25) is 4.99 Å². The fourth-order valence-electron chi connectivity index (χ4n) is 0.416. The van der Waals surface area contributed by atoms with Crippen molar-refractivity contribution in [3.8, 4) is 0 Å². The van der Waals surface area contributed by atoms with Gasteiger partial charge in [-0.15, -0.1) is 0 Å². The predicted octanol–water partition coefficient (Wildman–Crippen LogP) is 1.90. The summed E-state index contributed by atoms with van der Waals surface area (Å²) in [6.07, 6.45) is 0.380. The van der Waals surface area contributed by atoms with Crippen molar-refractivity contribution in [1.82, 2.24) is 0 Å². The lowest BCUT2D eigenvalue weighted by Gasteiger charge is -1.94. The highest BCUT2D eigenvalue weighted by Crippen LogP contribution is 1.97. The van der Waals surface area contributed by atoms with Crippen LogP contribution in [0, 0.1) is 0 Å². The summed E-state index contributed by atoms with van der Waals surface area (Å²) >= 11 is 0. The molecule has 0 rings (SSSR count). The van der Waals surface area contributed by atoms with E-state index in [0.717, 1.165) is 0 Å². The predicted molar refractivity (Wildman–Crippen MR) is 34.2 cm³/mol. The molecule has 0 radical (unpaired) electrons. The second-order valence-corrected chi connectivity index (χ2v) is 1.45. The molecule has 0 atom stereocenters. The van der Waals surface area contributed by atoms with Crippen LogP contribution in [0.1, 0.15) is 6.92 Å². The fourth-order valence-corrected chi connectivity index (χ4v) is 0.416. The third-order valence-corrected chi connectivity index (χ3v) is 0.819. The van der Waals surface area contributed by atoms with Crippen LogP contribution in [-0.2, 0) is 0 Å². The molecule has 52 valence electrons. The lowest BCUT2D eigenvalue weighted by atomic mass is 10.3. The highest BCUT2D eigenvalue weighted by atomic mass is 19.3. The zero-order valence-corrected chi connectivity index (χ0v) is 5.44. The van der Waals surface area contributed by atoms with Crippen molar-refractivity contribution in [2.45, 2.75) is 13.3 Å². The summed E-state index contributed by atoms with van der Waals surface area (Å²) in [7, 11) is 1.35. The van der Waals surface area contributed by atoms with Crippen LogP contribution in [0.2, 0.25) is 0 Å². The Kier molecular flexibility index (Phi) is 3.84. The standard InChI is InChI=1S/C6H9F2N/c1-3-4-5(9-2)6(7)8/h3-4,6H,1-2H3/b4-3-,9-5+. The molecule has 0 fully saturated rings. The second-order valence-electron chi connectivity index (χ2n) is 1.45. The third-order valence-electron chi connectivity index (χ3n) is 0.819. The van der Waals surface area contributed by atoms with Crippen molar-refractivity contribution in [2.75, 3.05) is 7.05 Å². The highest BCUT2D eigenvalue weighted by Gasteiger charge is 2.06. The van der Waals surface area contributed by atoms with Gasteiger partial charge in [-0.25, -0.2) is 8.78 Å². The molecule has 0 aliphatic rings. The summed E-state index contributed by atoms with van der Waals surface area (Å²) < 4.78 is 23.4. The second kappa shape index (κ2) is 4.18. The number of hydrogen-bond donors (Lipinski definition) is 0. The van der Waals surface area contributed by atoms with E-state index in [1.807, 2.05) is 0 Å². The van der Waals surface area contributed by atoms with Crippen molar-refractivity contribution in [3.63, 3.8) is 0 Å². The number of hydrogen-bond acceptors (Lipinski definition) is 1. The van der Waals surface area contributed by atoms with Crippen molar-refractivity contribution in [1.29, 1.82) is 0 Å². The lowest BCUT2D eigenvalue weighted by Crippen LogP contribution is -2.05. The van der Waals surface area contributed by atoms with Crippen LogP contribution in [0.15, 0.2) is 17.1 Å². The summed E-state index contributed by atoms with van der Waals surface area (Å²) in [5.41, 5.74) is -0.169. The minimum absolute atomic E-state index is 0.169. The summed E-state index contributed by atoms with van der Waals surface area (Å²) in [6.45, 7) is 1.67. The minimum atomic E-state index is -2.45. The van der Waals surface area contributed by atoms with E-state index >= 15 is 0 Å². The van der Waals surface area contributed by atoms with Crippen molar-refractivity contribution >= 4 is 5.71 Å². The van der Waals surface area contributed by atoms with E-state index in [9.17, 15) is 8.78 Å². The summed E-state index contributed by atoms with van der Waals surface area (Å²) in [5.74, 6) is 0. The normalized spacial score (nSPS) is 13.7. The molecule has 0 N–H and O–H groups in total. The van der Waals surface area contributed by atoms with Gasteiger partial charge in [0.05, 0.1) is 5.71 Å². The van der Waals surface area contributed by atoms with Crippen LogP contribution >= 0.6 is 0 Å². The van der Waals surface area contributed by atoms with Gasteiger partial charge in [0.2, 0.25) is 0 Å². The van der Waals surface area contributed by atoms with Gasteiger partial charge in [0.15, 0.2) is 0 Å². The van der Waals surface area contributed by atoms with Crippen LogP contribution in [-0.4, -0.2) is 19.2 Å². The van der Waals surface area contributed by atoms with Gasteiger partial charge < -0.3 is 0 Å². The average molecular weight is 133 g/mol. The quantitative estimate of drug-likeness (QED) is 0.510. The Morgan fingerprint density at radius 3 is 2.22 bits per heavy atom. The first-order valence-corrected chi connectivity index (χ1v) is 2.60. The summed E-state index contributed by atoms with van der Waals surface area (Å²) in [6, 6.07) is 0. The summed E-state index contributed by atoms with van der Waals surface area (Å²) in [5, 5.41) is 0. The first-order chi connectivity index (χ1) is 4.22. The Balaban J connectivity index is 4.01. The van der Waals surface area contributed by atoms with Gasteiger partial charge in [-0.05, 0) is 13.0 Å². The molecule has 0 aromatic heterocycles. The molecule has 0 aromatic carbocycles.